The van der Waals surface area contributed by atoms with E-state index < -0.39 is 0 Å². The summed E-state index contributed by atoms with van der Waals surface area (Å²) in [6.45, 7) is 15.9. The zero-order valence-corrected chi connectivity index (χ0v) is 24.9. The van der Waals surface area contributed by atoms with Crippen LogP contribution in [0.2, 0.25) is 0 Å². The first-order chi connectivity index (χ1) is 17.5. The van der Waals surface area contributed by atoms with Crippen molar-refractivity contribution in [1.82, 2.24) is 19.3 Å². The molecule has 2 N–H and O–H groups in total. The van der Waals surface area contributed by atoms with E-state index in [1.807, 2.05) is 59.3 Å². The van der Waals surface area contributed by atoms with Gasteiger partial charge < -0.3 is 10.4 Å². The number of aliphatic hydroxyl groups is 1. The molecule has 0 radical (unpaired) electrons. The average molecular weight is 528 g/mol. The Morgan fingerprint density at radius 2 is 1.57 bits per heavy atom. The first-order valence-corrected chi connectivity index (χ1v) is 13.4. The van der Waals surface area contributed by atoms with Gasteiger partial charge in [-0.15, -0.1) is 0 Å². The van der Waals surface area contributed by atoms with Gasteiger partial charge in [0.15, 0.2) is 0 Å². The first kappa shape index (κ1) is 34.2. The zero-order valence-electron chi connectivity index (χ0n) is 24.1. The third kappa shape index (κ3) is 15.8. The molecule has 0 atom stereocenters. The third-order valence-electron chi connectivity index (χ3n) is 4.48. The topological polar surface area (TPSA) is 91.2 Å². The number of anilines is 1. The van der Waals surface area contributed by atoms with Gasteiger partial charge in [-0.2, -0.15) is 0 Å². The van der Waals surface area contributed by atoms with Crippen molar-refractivity contribution < 1.29 is 9.90 Å². The van der Waals surface area contributed by atoms with E-state index in [2.05, 4.69) is 64.4 Å². The molecule has 0 bridgehead atoms. The second-order valence-electron chi connectivity index (χ2n) is 8.75. The molecule has 0 spiro atoms. The van der Waals surface area contributed by atoms with E-state index in [0.29, 0.717) is 11.8 Å². The summed E-state index contributed by atoms with van der Waals surface area (Å²) in [6, 6.07) is 11.6. The molecule has 0 unspecified atom stereocenters. The number of nitrogens with zero attached hydrogens (tertiary/aromatic N) is 4. The van der Waals surface area contributed by atoms with Crippen molar-refractivity contribution in [2.45, 2.75) is 78.7 Å². The van der Waals surface area contributed by atoms with Crippen molar-refractivity contribution in [3.05, 3.63) is 77.6 Å². The minimum Gasteiger partial charge on any atom is -0.392 e. The fourth-order valence-electron chi connectivity index (χ4n) is 2.73. The van der Waals surface area contributed by atoms with Gasteiger partial charge in [-0.05, 0) is 86.8 Å². The molecule has 0 aromatic carbocycles. The average Bonchev–Trinajstić information content (AvgIpc) is 2.85. The van der Waals surface area contributed by atoms with Crippen molar-refractivity contribution in [2.75, 3.05) is 19.4 Å². The van der Waals surface area contributed by atoms with Crippen LogP contribution in [-0.2, 0) is 11.4 Å². The number of aryl methyl sites for hydroxylation is 1. The summed E-state index contributed by atoms with van der Waals surface area (Å²) in [5.74, 6) is 0.885. The highest BCUT2D eigenvalue weighted by Crippen LogP contribution is 2.20. The lowest BCUT2D eigenvalue weighted by molar-refractivity contribution is -0.114. The van der Waals surface area contributed by atoms with Crippen molar-refractivity contribution in [3.8, 4) is 0 Å². The molecule has 0 aliphatic heterocycles. The van der Waals surface area contributed by atoms with E-state index in [0.717, 1.165) is 28.3 Å². The molecule has 3 heterocycles. The number of hydrogen-bond donors (Lipinski definition) is 2. The van der Waals surface area contributed by atoms with Crippen LogP contribution in [-0.4, -0.2) is 44.4 Å². The monoisotopic (exact) mass is 527 g/mol. The largest absolute Gasteiger partial charge is 0.392 e. The molecule has 8 heteroatoms. The normalized spacial score (nSPS) is 10.0. The molecule has 1 amide bonds. The van der Waals surface area contributed by atoms with Crippen LogP contribution in [0.5, 0.6) is 0 Å². The summed E-state index contributed by atoms with van der Waals surface area (Å²) in [5.41, 5.74) is 4.82. The Hall–Kier alpha value is -2.81. The Bertz CT molecular complexity index is 1020. The quantitative estimate of drug-likeness (QED) is 0.339. The van der Waals surface area contributed by atoms with Crippen molar-refractivity contribution >= 4 is 23.5 Å². The maximum atomic E-state index is 10.6. The number of hydrogen-bond acceptors (Lipinski definition) is 7. The Labute approximate surface area is 228 Å². The van der Waals surface area contributed by atoms with Crippen molar-refractivity contribution in [2.24, 2.45) is 0 Å². The minimum absolute atomic E-state index is 0.0596. The zero-order chi connectivity index (χ0) is 28.4. The molecule has 3 aromatic heterocycles. The summed E-state index contributed by atoms with van der Waals surface area (Å²) in [5, 5.41) is 11.5. The van der Waals surface area contributed by atoms with Gasteiger partial charge in [0.05, 0.1) is 6.61 Å². The van der Waals surface area contributed by atoms with Gasteiger partial charge in [-0.3, -0.25) is 24.1 Å². The fraction of sp³-hybridized carbons (Fsp3) is 0.448. The summed E-state index contributed by atoms with van der Waals surface area (Å²) < 4.78 is 2.06. The molecule has 37 heavy (non-hydrogen) atoms. The van der Waals surface area contributed by atoms with Crippen LogP contribution < -0.4 is 5.32 Å². The van der Waals surface area contributed by atoms with Gasteiger partial charge in [0.25, 0.3) is 0 Å². The van der Waals surface area contributed by atoms with Crippen LogP contribution >= 0.6 is 11.9 Å². The second kappa shape index (κ2) is 19.3. The van der Waals surface area contributed by atoms with Crippen LogP contribution in [0.15, 0.2) is 59.9 Å². The number of nitrogens with one attached hydrogen (secondary N) is 1. The van der Waals surface area contributed by atoms with Crippen molar-refractivity contribution in [3.63, 3.8) is 0 Å². The molecule has 204 valence electrons. The molecule has 0 fully saturated rings. The van der Waals surface area contributed by atoms with Gasteiger partial charge in [0.1, 0.15) is 0 Å². The third-order valence-corrected chi connectivity index (χ3v) is 5.29. The summed E-state index contributed by atoms with van der Waals surface area (Å²) in [7, 11) is 4.06. The van der Waals surface area contributed by atoms with Gasteiger partial charge in [-0.1, -0.05) is 41.5 Å². The van der Waals surface area contributed by atoms with E-state index in [1.54, 1.807) is 30.4 Å². The number of aromatic nitrogens is 3. The van der Waals surface area contributed by atoms with E-state index in [4.69, 9.17) is 5.11 Å². The van der Waals surface area contributed by atoms with Crippen LogP contribution in [0.4, 0.5) is 5.69 Å². The number of carbonyl (C=O) groups excluding carboxylic acids is 1. The highest BCUT2D eigenvalue weighted by Gasteiger charge is 2.02. The van der Waals surface area contributed by atoms with E-state index >= 15 is 0 Å². The molecular weight excluding hydrogens is 482 g/mol. The molecule has 7 nitrogen and oxygen atoms in total. The van der Waals surface area contributed by atoms with Crippen LogP contribution in [0.1, 0.15) is 82.9 Å². The standard InChI is InChI=1S/C10H16N2S.C9H13NO.C8H10N2O.C2H6/c1-8(2)10-6-5-9(7-11-10)13-12(3)4;1-7(2)9-5-8(6-11)3-4-10-9;1-6-5-8(3-4-9-6)10-7(2)11;1-2/h5-8H,1-4H3;3-5,7,11H,6H2,1-2H3;3-5H,1-2H3,(H,9,10,11);1-2H3. The highest BCUT2D eigenvalue weighted by molar-refractivity contribution is 7.97. The summed E-state index contributed by atoms with van der Waals surface area (Å²) in [4.78, 5) is 24.3. The predicted molar refractivity (Wildman–Crippen MR) is 157 cm³/mol. The Kier molecular flexibility index (Phi) is 17.9. The first-order valence-electron chi connectivity index (χ1n) is 12.6. The highest BCUT2D eigenvalue weighted by atomic mass is 32.2. The van der Waals surface area contributed by atoms with Crippen LogP contribution in [0.25, 0.3) is 0 Å². The van der Waals surface area contributed by atoms with E-state index in [9.17, 15) is 4.79 Å². The number of aliphatic hydroxyl groups excluding tert-OH is 1. The fourth-order valence-corrected chi connectivity index (χ4v) is 3.38. The van der Waals surface area contributed by atoms with Gasteiger partial charge >= 0.3 is 0 Å². The van der Waals surface area contributed by atoms with E-state index in [-0.39, 0.29) is 12.5 Å². The Morgan fingerprint density at radius 1 is 0.946 bits per heavy atom. The summed E-state index contributed by atoms with van der Waals surface area (Å²) >= 11 is 1.69. The number of pyridine rings is 3. The number of rotatable bonds is 6. The molecule has 0 aliphatic rings. The van der Waals surface area contributed by atoms with E-state index in [1.165, 1.54) is 11.8 Å². The van der Waals surface area contributed by atoms with Crippen molar-refractivity contribution in [1.29, 1.82) is 0 Å². The second-order valence-corrected chi connectivity index (χ2v) is 10.1. The Morgan fingerprint density at radius 3 is 2.03 bits per heavy atom. The number of amides is 1. The van der Waals surface area contributed by atoms with Crippen LogP contribution in [0, 0.1) is 6.92 Å². The lowest BCUT2D eigenvalue weighted by Crippen LogP contribution is -2.05. The smallest absolute Gasteiger partial charge is 0.221 e. The molecular formula is C29H45N5O2S. The molecule has 3 rings (SSSR count). The molecule has 0 aliphatic carbocycles. The Balaban J connectivity index is 0.000000510. The number of carbonyl (C=O) groups is 1. The van der Waals surface area contributed by atoms with Gasteiger partial charge in [0, 0.05) is 53.2 Å². The summed E-state index contributed by atoms with van der Waals surface area (Å²) in [6.07, 6.45) is 5.33. The lowest BCUT2D eigenvalue weighted by atomic mass is 10.1. The minimum atomic E-state index is -0.0596. The van der Waals surface area contributed by atoms with Gasteiger partial charge in [-0.25, -0.2) is 0 Å². The van der Waals surface area contributed by atoms with Gasteiger partial charge in [0.2, 0.25) is 5.91 Å². The molecule has 0 saturated heterocycles. The lowest BCUT2D eigenvalue weighted by Gasteiger charge is -2.09. The maximum Gasteiger partial charge on any atom is 0.221 e. The van der Waals surface area contributed by atoms with Crippen LogP contribution in [0.3, 0.4) is 0 Å². The predicted octanol–water partition coefficient (Wildman–Crippen LogP) is 6.85. The molecule has 3 aromatic rings. The molecule has 0 saturated carbocycles. The maximum absolute atomic E-state index is 10.6. The SMILES string of the molecule is CC.CC(=O)Nc1ccnc(C)c1.CC(C)c1cc(CO)ccn1.CC(C)c1ccc(SN(C)C)cn1.